The maximum atomic E-state index is 5.85. The van der Waals surface area contributed by atoms with Crippen molar-refractivity contribution in [2.75, 3.05) is 53.4 Å². The van der Waals surface area contributed by atoms with Gasteiger partial charge in [0.1, 0.15) is 0 Å². The predicted octanol–water partition coefficient (Wildman–Crippen LogP) is 2.64. The molecule has 0 spiro atoms. The number of nitrogens with one attached hydrogen (secondary N) is 1. The van der Waals surface area contributed by atoms with Crippen LogP contribution in [0.15, 0.2) is 35.3 Å². The van der Waals surface area contributed by atoms with Gasteiger partial charge in [0.2, 0.25) is 0 Å². The summed E-state index contributed by atoms with van der Waals surface area (Å²) in [6.07, 6.45) is 1.42. The summed E-state index contributed by atoms with van der Waals surface area (Å²) in [6, 6.07) is 10.9. The van der Waals surface area contributed by atoms with Crippen LogP contribution in [0, 0.1) is 5.92 Å². The van der Waals surface area contributed by atoms with Gasteiger partial charge in [-0.05, 0) is 30.9 Å². The highest BCUT2D eigenvalue weighted by atomic mass is 127. The van der Waals surface area contributed by atoms with E-state index >= 15 is 0 Å². The number of likely N-dealkylation sites (tertiary alicyclic amines) is 1. The van der Waals surface area contributed by atoms with Crippen LogP contribution in [0.3, 0.4) is 0 Å². The van der Waals surface area contributed by atoms with Crippen LogP contribution in [0.4, 0.5) is 0 Å². The summed E-state index contributed by atoms with van der Waals surface area (Å²) in [4.78, 5) is 9.23. The number of morpholine rings is 1. The SMILES string of the molecule is CN=C(NCC1CN(C)CCO1)N1CCC(c2ccccc2)C(C)C1.I. The van der Waals surface area contributed by atoms with Crippen LogP contribution in [-0.4, -0.2) is 75.3 Å². The molecule has 2 fully saturated rings. The van der Waals surface area contributed by atoms with Gasteiger partial charge in [0.25, 0.3) is 0 Å². The zero-order valence-electron chi connectivity index (χ0n) is 16.2. The quantitative estimate of drug-likeness (QED) is 0.417. The van der Waals surface area contributed by atoms with Crippen molar-refractivity contribution in [3.63, 3.8) is 0 Å². The van der Waals surface area contributed by atoms with E-state index in [4.69, 9.17) is 4.74 Å². The third-order valence-electron chi connectivity index (χ3n) is 5.47. The van der Waals surface area contributed by atoms with Crippen molar-refractivity contribution in [1.82, 2.24) is 15.1 Å². The van der Waals surface area contributed by atoms with E-state index in [-0.39, 0.29) is 30.1 Å². The first-order valence-corrected chi connectivity index (χ1v) is 9.48. The highest BCUT2D eigenvalue weighted by molar-refractivity contribution is 14.0. The fourth-order valence-corrected chi connectivity index (χ4v) is 4.06. The number of hydrogen-bond acceptors (Lipinski definition) is 3. The molecule has 2 heterocycles. The molecule has 6 heteroatoms. The highest BCUT2D eigenvalue weighted by Gasteiger charge is 2.29. The lowest BCUT2D eigenvalue weighted by Gasteiger charge is -2.39. The number of rotatable bonds is 3. The van der Waals surface area contributed by atoms with Crippen LogP contribution in [0.1, 0.15) is 24.8 Å². The van der Waals surface area contributed by atoms with Crippen LogP contribution in [0.2, 0.25) is 0 Å². The van der Waals surface area contributed by atoms with Crippen molar-refractivity contribution in [3.05, 3.63) is 35.9 Å². The van der Waals surface area contributed by atoms with Gasteiger partial charge in [-0.15, -0.1) is 24.0 Å². The Morgan fingerprint density at radius 3 is 2.65 bits per heavy atom. The lowest BCUT2D eigenvalue weighted by molar-refractivity contribution is -0.0164. The van der Waals surface area contributed by atoms with Crippen molar-refractivity contribution >= 4 is 29.9 Å². The third kappa shape index (κ3) is 5.57. The first-order valence-electron chi connectivity index (χ1n) is 9.48. The second kappa shape index (κ2) is 10.5. The Morgan fingerprint density at radius 2 is 2.00 bits per heavy atom. The van der Waals surface area contributed by atoms with Gasteiger partial charge in [0.15, 0.2) is 5.96 Å². The molecule has 0 aliphatic carbocycles. The largest absolute Gasteiger partial charge is 0.374 e. The molecule has 0 bridgehead atoms. The molecule has 3 atom stereocenters. The number of piperidine rings is 1. The number of guanidine groups is 1. The minimum Gasteiger partial charge on any atom is -0.374 e. The first-order chi connectivity index (χ1) is 12.2. The van der Waals surface area contributed by atoms with Crippen LogP contribution in [0.25, 0.3) is 0 Å². The monoisotopic (exact) mass is 472 g/mol. The second-order valence-electron chi connectivity index (χ2n) is 7.41. The molecular formula is C20H33IN4O. The summed E-state index contributed by atoms with van der Waals surface area (Å²) in [5, 5.41) is 3.53. The topological polar surface area (TPSA) is 40.1 Å². The zero-order valence-corrected chi connectivity index (χ0v) is 18.6. The molecule has 5 nitrogen and oxygen atoms in total. The van der Waals surface area contributed by atoms with Gasteiger partial charge < -0.3 is 19.9 Å². The summed E-state index contributed by atoms with van der Waals surface area (Å²) in [5.74, 6) is 2.27. The van der Waals surface area contributed by atoms with Crippen LogP contribution in [0.5, 0.6) is 0 Å². The minimum absolute atomic E-state index is 0. The fourth-order valence-electron chi connectivity index (χ4n) is 4.06. The Balaban J connectivity index is 0.00000243. The van der Waals surface area contributed by atoms with Crippen molar-refractivity contribution < 1.29 is 4.74 Å². The molecule has 3 unspecified atom stereocenters. The van der Waals surface area contributed by atoms with Gasteiger partial charge in [0.05, 0.1) is 12.7 Å². The summed E-state index contributed by atoms with van der Waals surface area (Å²) in [6.45, 7) is 8.10. The number of halogens is 1. The van der Waals surface area contributed by atoms with Gasteiger partial charge in [-0.25, -0.2) is 0 Å². The van der Waals surface area contributed by atoms with E-state index in [9.17, 15) is 0 Å². The Hall–Kier alpha value is -0.860. The number of hydrogen-bond donors (Lipinski definition) is 1. The Labute approximate surface area is 175 Å². The summed E-state index contributed by atoms with van der Waals surface area (Å²) < 4.78 is 5.85. The number of aliphatic imine (C=N–C) groups is 1. The van der Waals surface area contributed by atoms with Crippen LogP contribution in [-0.2, 0) is 4.74 Å². The zero-order chi connectivity index (χ0) is 17.6. The average Bonchev–Trinajstić information content (AvgIpc) is 2.63. The standard InChI is InChI=1S/C20H32N4O.HI/c1-16-14-24(10-9-19(16)17-7-5-4-6-8-17)20(21-2)22-13-18-15-23(3)11-12-25-18;/h4-8,16,18-19H,9-15H2,1-3H3,(H,21,22);1H. The van der Waals surface area contributed by atoms with E-state index in [1.54, 1.807) is 0 Å². The molecule has 2 saturated heterocycles. The molecule has 1 aromatic carbocycles. The van der Waals surface area contributed by atoms with Crippen LogP contribution < -0.4 is 5.32 Å². The summed E-state index contributed by atoms with van der Waals surface area (Å²) in [5.41, 5.74) is 1.47. The molecular weight excluding hydrogens is 439 g/mol. The van der Waals surface area contributed by atoms with E-state index in [1.165, 1.54) is 12.0 Å². The second-order valence-corrected chi connectivity index (χ2v) is 7.41. The van der Waals surface area contributed by atoms with E-state index in [1.807, 2.05) is 7.05 Å². The average molecular weight is 472 g/mol. The maximum Gasteiger partial charge on any atom is 0.193 e. The number of benzene rings is 1. The Kier molecular flexibility index (Phi) is 8.63. The molecule has 146 valence electrons. The minimum atomic E-state index is 0. The lowest BCUT2D eigenvalue weighted by Crippen LogP contribution is -2.52. The van der Waals surface area contributed by atoms with Crippen molar-refractivity contribution in [2.45, 2.75) is 25.4 Å². The molecule has 1 N–H and O–H groups in total. The van der Waals surface area contributed by atoms with Crippen molar-refractivity contribution in [3.8, 4) is 0 Å². The molecule has 2 aliphatic rings. The molecule has 26 heavy (non-hydrogen) atoms. The predicted molar refractivity (Wildman–Crippen MR) is 119 cm³/mol. The summed E-state index contributed by atoms with van der Waals surface area (Å²) in [7, 11) is 4.03. The van der Waals surface area contributed by atoms with Crippen molar-refractivity contribution in [2.24, 2.45) is 10.9 Å². The van der Waals surface area contributed by atoms with Gasteiger partial charge in [-0.3, -0.25) is 4.99 Å². The molecule has 0 saturated carbocycles. The third-order valence-corrected chi connectivity index (χ3v) is 5.47. The molecule has 0 amide bonds. The molecule has 0 aromatic heterocycles. The van der Waals surface area contributed by atoms with Gasteiger partial charge in [0, 0.05) is 39.8 Å². The van der Waals surface area contributed by atoms with E-state index in [0.717, 1.165) is 45.3 Å². The number of nitrogens with zero attached hydrogens (tertiary/aromatic N) is 3. The van der Waals surface area contributed by atoms with Gasteiger partial charge in [-0.2, -0.15) is 0 Å². The van der Waals surface area contributed by atoms with Crippen LogP contribution >= 0.6 is 24.0 Å². The van der Waals surface area contributed by atoms with E-state index < -0.39 is 0 Å². The van der Waals surface area contributed by atoms with Gasteiger partial charge >= 0.3 is 0 Å². The van der Waals surface area contributed by atoms with Gasteiger partial charge in [-0.1, -0.05) is 37.3 Å². The molecule has 2 aliphatic heterocycles. The first kappa shape index (κ1) is 21.4. The van der Waals surface area contributed by atoms with E-state index in [0.29, 0.717) is 11.8 Å². The smallest absolute Gasteiger partial charge is 0.193 e. The molecule has 3 rings (SSSR count). The summed E-state index contributed by atoms with van der Waals surface area (Å²) >= 11 is 0. The number of likely N-dealkylation sites (N-methyl/N-ethyl adjacent to an activating group) is 1. The maximum absolute atomic E-state index is 5.85. The fraction of sp³-hybridized carbons (Fsp3) is 0.650. The Bertz CT molecular complexity index is 568. The number of ether oxygens (including phenoxy) is 1. The lowest BCUT2D eigenvalue weighted by atomic mass is 9.82. The van der Waals surface area contributed by atoms with Crippen molar-refractivity contribution in [1.29, 1.82) is 0 Å². The molecule has 1 aromatic rings. The van der Waals surface area contributed by atoms with E-state index in [2.05, 4.69) is 64.4 Å². The Morgan fingerprint density at radius 1 is 1.23 bits per heavy atom. The normalized spacial score (nSPS) is 27.7. The molecule has 0 radical (unpaired) electrons. The highest BCUT2D eigenvalue weighted by Crippen LogP contribution is 2.32.